The molecule has 7 nitrogen and oxygen atoms in total. The van der Waals surface area contributed by atoms with E-state index in [-0.39, 0.29) is 12.7 Å². The molecule has 0 spiro atoms. The summed E-state index contributed by atoms with van der Waals surface area (Å²) in [6, 6.07) is 5.42. The molecule has 1 N–H and O–H groups in total. The molecule has 0 atom stereocenters. The van der Waals surface area contributed by atoms with E-state index in [0.717, 1.165) is 15.9 Å². The lowest BCUT2D eigenvalue weighted by molar-refractivity contribution is 0.102. The normalized spacial score (nSPS) is 12.8. The molecule has 22 heavy (non-hydrogen) atoms. The summed E-state index contributed by atoms with van der Waals surface area (Å²) < 4.78 is 13.2. The monoisotopic (exact) mass is 316 g/mol. The van der Waals surface area contributed by atoms with Crippen molar-refractivity contribution in [3.8, 4) is 11.5 Å². The van der Waals surface area contributed by atoms with Gasteiger partial charge in [0.15, 0.2) is 22.3 Å². The molecule has 0 saturated heterocycles. The second kappa shape index (κ2) is 4.70. The second-order valence-corrected chi connectivity index (χ2v) is 5.97. The number of thiazole rings is 1. The highest BCUT2D eigenvalue weighted by molar-refractivity contribution is 7.22. The molecular weight excluding hydrogens is 304 g/mol. The first-order valence-electron chi connectivity index (χ1n) is 6.62. The van der Waals surface area contributed by atoms with E-state index in [4.69, 9.17) is 9.47 Å². The van der Waals surface area contributed by atoms with Crippen LogP contribution >= 0.6 is 11.3 Å². The molecule has 0 bridgehead atoms. The van der Waals surface area contributed by atoms with Crippen molar-refractivity contribution in [2.45, 2.75) is 6.92 Å². The van der Waals surface area contributed by atoms with E-state index in [1.807, 2.05) is 19.1 Å². The van der Waals surface area contributed by atoms with Crippen LogP contribution in [0, 0.1) is 6.92 Å². The number of hydrogen-bond donors (Lipinski definition) is 1. The molecule has 4 rings (SSSR count). The Hall–Kier alpha value is -2.61. The Morgan fingerprint density at radius 3 is 2.82 bits per heavy atom. The molecule has 1 amide bonds. The lowest BCUT2D eigenvalue weighted by Gasteiger charge is -1.96. The highest BCUT2D eigenvalue weighted by Crippen LogP contribution is 2.38. The largest absolute Gasteiger partial charge is 0.454 e. The fraction of sp³-hybridized carbons (Fsp3) is 0.214. The van der Waals surface area contributed by atoms with Crippen LogP contribution in [-0.2, 0) is 7.05 Å². The Morgan fingerprint density at radius 2 is 2.09 bits per heavy atom. The van der Waals surface area contributed by atoms with Gasteiger partial charge in [-0.05, 0) is 13.0 Å². The third kappa shape index (κ3) is 2.08. The molecule has 0 unspecified atom stereocenters. The second-order valence-electron chi connectivity index (χ2n) is 4.94. The summed E-state index contributed by atoms with van der Waals surface area (Å²) >= 11 is 1.38. The van der Waals surface area contributed by atoms with Crippen LogP contribution in [0.4, 0.5) is 5.13 Å². The zero-order valence-electron chi connectivity index (χ0n) is 11.9. The van der Waals surface area contributed by atoms with Gasteiger partial charge in [-0.25, -0.2) is 4.98 Å². The van der Waals surface area contributed by atoms with Crippen molar-refractivity contribution in [2.24, 2.45) is 7.05 Å². The van der Waals surface area contributed by atoms with Crippen molar-refractivity contribution in [1.82, 2.24) is 14.8 Å². The van der Waals surface area contributed by atoms with Crippen molar-refractivity contribution in [2.75, 3.05) is 12.1 Å². The first-order chi connectivity index (χ1) is 10.6. The van der Waals surface area contributed by atoms with Gasteiger partial charge in [-0.1, -0.05) is 11.3 Å². The zero-order chi connectivity index (χ0) is 15.3. The highest BCUT2D eigenvalue weighted by Gasteiger charge is 2.18. The Bertz CT molecular complexity index is 839. The quantitative estimate of drug-likeness (QED) is 0.785. The number of nitrogens with one attached hydrogen (secondary N) is 1. The predicted molar refractivity (Wildman–Crippen MR) is 81.6 cm³/mol. The van der Waals surface area contributed by atoms with Gasteiger partial charge in [0.1, 0.15) is 0 Å². The maximum Gasteiger partial charge on any atom is 0.277 e. The van der Waals surface area contributed by atoms with E-state index >= 15 is 0 Å². The predicted octanol–water partition coefficient (Wildman–Crippen LogP) is 2.32. The van der Waals surface area contributed by atoms with Crippen LogP contribution in [0.5, 0.6) is 11.5 Å². The van der Waals surface area contributed by atoms with Crippen molar-refractivity contribution < 1.29 is 14.3 Å². The summed E-state index contributed by atoms with van der Waals surface area (Å²) in [5.41, 5.74) is 2.05. The van der Waals surface area contributed by atoms with Crippen LogP contribution in [0.2, 0.25) is 0 Å². The summed E-state index contributed by atoms with van der Waals surface area (Å²) in [5, 5.41) is 7.45. The molecular formula is C14H12N4O3S. The number of carbonyl (C=O) groups is 1. The standard InChI is InChI=1S/C14H12N4O3S/c1-7-3-9(17-18(7)2)13(19)16-14-15-8-4-10-11(21-6-20-10)5-12(8)22-14/h3-5H,6H2,1-2H3,(H,15,16,19). The molecule has 0 saturated carbocycles. The van der Waals surface area contributed by atoms with Gasteiger partial charge in [0.05, 0.1) is 10.2 Å². The van der Waals surface area contributed by atoms with Gasteiger partial charge in [-0.2, -0.15) is 5.10 Å². The molecule has 3 aromatic rings. The van der Waals surface area contributed by atoms with E-state index in [1.165, 1.54) is 11.3 Å². The minimum absolute atomic E-state index is 0.231. The number of ether oxygens (including phenoxy) is 2. The number of amides is 1. The smallest absolute Gasteiger partial charge is 0.277 e. The van der Waals surface area contributed by atoms with E-state index in [0.29, 0.717) is 22.3 Å². The van der Waals surface area contributed by atoms with Gasteiger partial charge >= 0.3 is 0 Å². The first-order valence-corrected chi connectivity index (χ1v) is 7.44. The number of carbonyl (C=O) groups excluding carboxylic acids is 1. The number of rotatable bonds is 2. The zero-order valence-corrected chi connectivity index (χ0v) is 12.7. The fourth-order valence-corrected chi connectivity index (χ4v) is 3.08. The first kappa shape index (κ1) is 13.1. The van der Waals surface area contributed by atoms with Crippen molar-refractivity contribution in [3.63, 3.8) is 0 Å². The molecule has 1 aliphatic rings. The van der Waals surface area contributed by atoms with Gasteiger partial charge in [0.2, 0.25) is 6.79 Å². The lowest BCUT2D eigenvalue weighted by Crippen LogP contribution is -2.12. The number of fused-ring (bicyclic) bond motifs is 2. The van der Waals surface area contributed by atoms with Crippen LogP contribution in [0.25, 0.3) is 10.2 Å². The Labute approximate surface area is 129 Å². The van der Waals surface area contributed by atoms with Crippen LogP contribution in [0.1, 0.15) is 16.2 Å². The summed E-state index contributed by atoms with van der Waals surface area (Å²) in [6.07, 6.45) is 0. The van der Waals surface area contributed by atoms with Gasteiger partial charge in [-0.15, -0.1) is 0 Å². The Kier molecular flexibility index (Phi) is 2.80. The molecule has 1 aliphatic heterocycles. The van der Waals surface area contributed by atoms with Gasteiger partial charge in [-0.3, -0.25) is 14.8 Å². The SMILES string of the molecule is Cc1cc(C(=O)Nc2nc3cc4c(cc3s2)OCO4)nn1C. The van der Waals surface area contributed by atoms with Gasteiger partial charge < -0.3 is 9.47 Å². The number of anilines is 1. The highest BCUT2D eigenvalue weighted by atomic mass is 32.1. The molecule has 0 radical (unpaired) electrons. The summed E-state index contributed by atoms with van der Waals surface area (Å²) in [5.74, 6) is 1.10. The van der Waals surface area contributed by atoms with E-state index in [2.05, 4.69) is 15.4 Å². The lowest BCUT2D eigenvalue weighted by atomic mass is 10.3. The Balaban J connectivity index is 1.63. The fourth-order valence-electron chi connectivity index (χ4n) is 2.20. The molecule has 8 heteroatoms. The Morgan fingerprint density at radius 1 is 1.32 bits per heavy atom. The number of hydrogen-bond acceptors (Lipinski definition) is 6. The number of benzene rings is 1. The maximum atomic E-state index is 12.2. The van der Waals surface area contributed by atoms with E-state index < -0.39 is 0 Å². The molecule has 1 aromatic carbocycles. The summed E-state index contributed by atoms with van der Waals surface area (Å²) in [7, 11) is 1.80. The third-order valence-electron chi connectivity index (χ3n) is 3.45. The molecule has 0 aliphatic carbocycles. The topological polar surface area (TPSA) is 78.3 Å². The third-order valence-corrected chi connectivity index (χ3v) is 4.38. The maximum absolute atomic E-state index is 12.2. The summed E-state index contributed by atoms with van der Waals surface area (Å²) in [6.45, 7) is 2.12. The number of nitrogens with zero attached hydrogens (tertiary/aromatic N) is 3. The minimum Gasteiger partial charge on any atom is -0.454 e. The summed E-state index contributed by atoms with van der Waals surface area (Å²) in [4.78, 5) is 16.6. The minimum atomic E-state index is -0.275. The van der Waals surface area contributed by atoms with Crippen LogP contribution in [-0.4, -0.2) is 27.5 Å². The van der Waals surface area contributed by atoms with E-state index in [1.54, 1.807) is 17.8 Å². The van der Waals surface area contributed by atoms with Gasteiger partial charge in [0.25, 0.3) is 5.91 Å². The number of aryl methyl sites for hydroxylation is 2. The average Bonchev–Trinajstić information content (AvgIpc) is 3.15. The van der Waals surface area contributed by atoms with Crippen LogP contribution in [0.3, 0.4) is 0 Å². The molecule has 112 valence electrons. The molecule has 2 aromatic heterocycles. The van der Waals surface area contributed by atoms with Gasteiger partial charge in [0, 0.05) is 24.9 Å². The number of aromatic nitrogens is 3. The molecule has 3 heterocycles. The van der Waals surface area contributed by atoms with Crippen molar-refractivity contribution >= 4 is 32.6 Å². The van der Waals surface area contributed by atoms with Crippen molar-refractivity contribution in [3.05, 3.63) is 29.6 Å². The average molecular weight is 316 g/mol. The van der Waals surface area contributed by atoms with Crippen LogP contribution in [0.15, 0.2) is 18.2 Å². The van der Waals surface area contributed by atoms with Crippen molar-refractivity contribution in [1.29, 1.82) is 0 Å². The van der Waals surface area contributed by atoms with Crippen LogP contribution < -0.4 is 14.8 Å². The molecule has 0 fully saturated rings. The van der Waals surface area contributed by atoms with E-state index in [9.17, 15) is 4.79 Å².